The molecule has 2 amide bonds. The fourth-order valence-electron chi connectivity index (χ4n) is 3.25. The number of carboxylic acids is 1. The molecule has 0 aromatic rings. The van der Waals surface area contributed by atoms with E-state index < -0.39 is 5.97 Å². The predicted molar refractivity (Wildman–Crippen MR) is 84.5 cm³/mol. The van der Waals surface area contributed by atoms with E-state index in [-0.39, 0.29) is 17.9 Å². The minimum Gasteiger partial charge on any atom is -0.481 e. The maximum atomic E-state index is 11.8. The Balaban J connectivity index is 1.66. The standard InChI is InChI=1S/C15H26N2O3S/c18-14(19)13-4-2-1-3-12(13)10-17-15(20)16-9-11-5-7-21-8-6-11/h11-13H,1-10H2,(H,18,19)(H2,16,17,20). The van der Waals surface area contributed by atoms with Gasteiger partial charge in [-0.3, -0.25) is 4.79 Å². The van der Waals surface area contributed by atoms with Crippen molar-refractivity contribution in [1.82, 2.24) is 10.6 Å². The van der Waals surface area contributed by atoms with Gasteiger partial charge in [0.2, 0.25) is 0 Å². The molecule has 0 spiro atoms. The predicted octanol–water partition coefficient (Wildman–Crippen LogP) is 2.32. The second kappa shape index (κ2) is 8.51. The lowest BCUT2D eigenvalue weighted by Gasteiger charge is -2.28. The number of rotatable bonds is 5. The first-order valence-electron chi connectivity index (χ1n) is 7.99. The van der Waals surface area contributed by atoms with E-state index >= 15 is 0 Å². The molecule has 3 N–H and O–H groups in total. The average Bonchev–Trinajstić information content (AvgIpc) is 2.52. The molecule has 120 valence electrons. The Morgan fingerprint density at radius 1 is 1.00 bits per heavy atom. The molecule has 5 nitrogen and oxygen atoms in total. The van der Waals surface area contributed by atoms with Crippen molar-refractivity contribution in [3.63, 3.8) is 0 Å². The molecule has 0 radical (unpaired) electrons. The van der Waals surface area contributed by atoms with Crippen molar-refractivity contribution in [1.29, 1.82) is 0 Å². The summed E-state index contributed by atoms with van der Waals surface area (Å²) in [6.45, 7) is 1.21. The monoisotopic (exact) mass is 314 g/mol. The molecule has 0 aromatic heterocycles. The maximum absolute atomic E-state index is 11.8. The highest BCUT2D eigenvalue weighted by Gasteiger charge is 2.30. The lowest BCUT2D eigenvalue weighted by molar-refractivity contribution is -0.144. The van der Waals surface area contributed by atoms with Crippen LogP contribution in [0, 0.1) is 17.8 Å². The number of carboxylic acid groups (broad SMARTS) is 1. The van der Waals surface area contributed by atoms with E-state index in [2.05, 4.69) is 10.6 Å². The number of thioether (sulfide) groups is 1. The van der Waals surface area contributed by atoms with Gasteiger partial charge in [-0.1, -0.05) is 12.8 Å². The number of urea groups is 1. The Labute approximate surface area is 130 Å². The van der Waals surface area contributed by atoms with Crippen LogP contribution in [0.25, 0.3) is 0 Å². The number of hydrogen-bond acceptors (Lipinski definition) is 3. The van der Waals surface area contributed by atoms with Crippen LogP contribution in [0.5, 0.6) is 0 Å². The molecule has 1 aliphatic carbocycles. The van der Waals surface area contributed by atoms with Crippen molar-refractivity contribution >= 4 is 23.8 Å². The van der Waals surface area contributed by atoms with Gasteiger partial charge in [0.1, 0.15) is 0 Å². The number of aliphatic carboxylic acids is 1. The normalized spacial score (nSPS) is 27.0. The van der Waals surface area contributed by atoms with E-state index in [1.54, 1.807) is 0 Å². The van der Waals surface area contributed by atoms with E-state index in [4.69, 9.17) is 0 Å². The van der Waals surface area contributed by atoms with Gasteiger partial charge in [-0.05, 0) is 49.0 Å². The van der Waals surface area contributed by atoms with Crippen molar-refractivity contribution in [2.75, 3.05) is 24.6 Å². The molecule has 1 saturated carbocycles. The lowest BCUT2D eigenvalue weighted by atomic mass is 9.79. The first-order chi connectivity index (χ1) is 10.2. The van der Waals surface area contributed by atoms with E-state index in [1.165, 1.54) is 24.3 Å². The highest BCUT2D eigenvalue weighted by atomic mass is 32.2. The average molecular weight is 314 g/mol. The van der Waals surface area contributed by atoms with Gasteiger partial charge in [0.25, 0.3) is 0 Å². The highest BCUT2D eigenvalue weighted by Crippen LogP contribution is 2.29. The molecule has 1 aliphatic heterocycles. The van der Waals surface area contributed by atoms with Crippen LogP contribution in [-0.4, -0.2) is 41.7 Å². The van der Waals surface area contributed by atoms with Crippen molar-refractivity contribution in [2.45, 2.75) is 38.5 Å². The molecule has 0 aromatic carbocycles. The molecular formula is C15H26N2O3S. The third-order valence-electron chi connectivity index (χ3n) is 4.64. The molecule has 2 atom stereocenters. The zero-order chi connectivity index (χ0) is 15.1. The smallest absolute Gasteiger partial charge is 0.314 e. The number of amides is 2. The van der Waals surface area contributed by atoms with Gasteiger partial charge in [-0.2, -0.15) is 11.8 Å². The second-order valence-corrected chi connectivity index (χ2v) is 7.36. The largest absolute Gasteiger partial charge is 0.481 e. The highest BCUT2D eigenvalue weighted by molar-refractivity contribution is 7.99. The van der Waals surface area contributed by atoms with Crippen molar-refractivity contribution < 1.29 is 14.7 Å². The molecule has 1 heterocycles. The van der Waals surface area contributed by atoms with Crippen LogP contribution in [0.3, 0.4) is 0 Å². The Kier molecular flexibility index (Phi) is 6.67. The number of nitrogens with one attached hydrogen (secondary N) is 2. The van der Waals surface area contributed by atoms with Gasteiger partial charge in [0.15, 0.2) is 0 Å². The lowest BCUT2D eigenvalue weighted by Crippen LogP contribution is -2.43. The minimum atomic E-state index is -0.721. The molecule has 1 saturated heterocycles. The Morgan fingerprint density at radius 3 is 2.38 bits per heavy atom. The second-order valence-electron chi connectivity index (χ2n) is 6.14. The summed E-state index contributed by atoms with van der Waals surface area (Å²) in [5.74, 6) is 2.04. The summed E-state index contributed by atoms with van der Waals surface area (Å²) in [4.78, 5) is 23.0. The quantitative estimate of drug-likeness (QED) is 0.728. The molecule has 2 unspecified atom stereocenters. The molecule has 21 heavy (non-hydrogen) atoms. The summed E-state index contributed by atoms with van der Waals surface area (Å²) in [5.41, 5.74) is 0. The Morgan fingerprint density at radius 2 is 1.67 bits per heavy atom. The zero-order valence-corrected chi connectivity index (χ0v) is 13.3. The molecule has 2 rings (SSSR count). The van der Waals surface area contributed by atoms with Gasteiger partial charge in [-0.25, -0.2) is 4.79 Å². The Bertz CT molecular complexity index is 359. The van der Waals surface area contributed by atoms with Crippen LogP contribution < -0.4 is 10.6 Å². The topological polar surface area (TPSA) is 78.4 Å². The van der Waals surface area contributed by atoms with Crippen LogP contribution >= 0.6 is 11.8 Å². The van der Waals surface area contributed by atoms with Crippen LogP contribution in [-0.2, 0) is 4.79 Å². The van der Waals surface area contributed by atoms with Crippen molar-refractivity contribution in [3.8, 4) is 0 Å². The van der Waals surface area contributed by atoms with Gasteiger partial charge < -0.3 is 15.7 Å². The van der Waals surface area contributed by atoms with E-state index in [9.17, 15) is 14.7 Å². The molecule has 6 heteroatoms. The third-order valence-corrected chi connectivity index (χ3v) is 5.69. The summed E-state index contributed by atoms with van der Waals surface area (Å²) in [6.07, 6.45) is 6.04. The van der Waals surface area contributed by atoms with E-state index in [0.717, 1.165) is 32.2 Å². The number of carbonyl (C=O) groups excluding carboxylic acids is 1. The molecular weight excluding hydrogens is 288 g/mol. The van der Waals surface area contributed by atoms with Crippen LogP contribution in [0.4, 0.5) is 4.79 Å². The van der Waals surface area contributed by atoms with Crippen molar-refractivity contribution in [3.05, 3.63) is 0 Å². The fourth-order valence-corrected chi connectivity index (χ4v) is 4.46. The van der Waals surface area contributed by atoms with E-state index in [0.29, 0.717) is 12.5 Å². The third kappa shape index (κ3) is 5.41. The molecule has 0 bridgehead atoms. The molecule has 2 aliphatic rings. The summed E-state index contributed by atoms with van der Waals surface area (Å²) in [5, 5.41) is 15.0. The van der Waals surface area contributed by atoms with Gasteiger partial charge in [0.05, 0.1) is 5.92 Å². The van der Waals surface area contributed by atoms with Gasteiger partial charge in [0, 0.05) is 13.1 Å². The van der Waals surface area contributed by atoms with Gasteiger partial charge >= 0.3 is 12.0 Å². The van der Waals surface area contributed by atoms with Crippen LogP contribution in [0.15, 0.2) is 0 Å². The summed E-state index contributed by atoms with van der Waals surface area (Å²) in [6, 6.07) is -0.150. The number of carbonyl (C=O) groups is 2. The maximum Gasteiger partial charge on any atom is 0.314 e. The first-order valence-corrected chi connectivity index (χ1v) is 9.14. The van der Waals surface area contributed by atoms with Crippen molar-refractivity contribution in [2.24, 2.45) is 17.8 Å². The van der Waals surface area contributed by atoms with E-state index in [1.807, 2.05) is 11.8 Å². The summed E-state index contributed by atoms with van der Waals surface area (Å²) >= 11 is 1.98. The Hall–Kier alpha value is -0.910. The summed E-state index contributed by atoms with van der Waals surface area (Å²) < 4.78 is 0. The SMILES string of the molecule is O=C(NCC1CCSCC1)NCC1CCCCC1C(=O)O. The molecule has 2 fully saturated rings. The number of hydrogen-bond donors (Lipinski definition) is 3. The van der Waals surface area contributed by atoms with Crippen LogP contribution in [0.2, 0.25) is 0 Å². The fraction of sp³-hybridized carbons (Fsp3) is 0.867. The van der Waals surface area contributed by atoms with Gasteiger partial charge in [-0.15, -0.1) is 0 Å². The minimum absolute atomic E-state index is 0.0769. The zero-order valence-electron chi connectivity index (χ0n) is 12.5. The summed E-state index contributed by atoms with van der Waals surface area (Å²) in [7, 11) is 0. The van der Waals surface area contributed by atoms with Crippen LogP contribution in [0.1, 0.15) is 38.5 Å². The first kappa shape index (κ1) is 16.5.